The quantitative estimate of drug-likeness (QED) is 0.492. The SMILES string of the molecule is Cc1cc(C)c(NC(=O)CS(=O)(=O)c2cn(CC(=O)N(C(C)C)C(C)C)c3ccccc23)c(C)c1. The number of carbonyl (C=O) groups excluding carboxylic acids is 2. The van der Waals surface area contributed by atoms with Crippen molar-refractivity contribution in [1.82, 2.24) is 9.47 Å². The molecule has 0 saturated heterocycles. The Kier molecular flexibility index (Phi) is 7.74. The van der Waals surface area contributed by atoms with Crippen LogP contribution in [0.4, 0.5) is 5.69 Å². The van der Waals surface area contributed by atoms with E-state index >= 15 is 0 Å². The van der Waals surface area contributed by atoms with Crippen molar-refractivity contribution in [3.05, 3.63) is 59.3 Å². The molecule has 0 bridgehead atoms. The Morgan fingerprint density at radius 3 is 2.11 bits per heavy atom. The van der Waals surface area contributed by atoms with Crippen molar-refractivity contribution >= 4 is 38.2 Å². The molecule has 0 radical (unpaired) electrons. The summed E-state index contributed by atoms with van der Waals surface area (Å²) in [6, 6.07) is 11.0. The van der Waals surface area contributed by atoms with E-state index in [1.54, 1.807) is 33.7 Å². The first-order chi connectivity index (χ1) is 16.3. The molecule has 8 heteroatoms. The lowest BCUT2D eigenvalue weighted by atomic mass is 10.1. The number of aromatic nitrogens is 1. The van der Waals surface area contributed by atoms with Crippen LogP contribution in [-0.4, -0.2) is 47.5 Å². The Bertz CT molecular complexity index is 1340. The topological polar surface area (TPSA) is 88.5 Å². The predicted molar refractivity (Wildman–Crippen MR) is 140 cm³/mol. The number of sulfone groups is 1. The summed E-state index contributed by atoms with van der Waals surface area (Å²) >= 11 is 0. The van der Waals surface area contributed by atoms with Gasteiger partial charge in [-0.15, -0.1) is 0 Å². The molecule has 0 atom stereocenters. The highest BCUT2D eigenvalue weighted by Crippen LogP contribution is 2.28. The number of para-hydroxylation sites is 1. The van der Waals surface area contributed by atoms with Crippen LogP contribution in [0.5, 0.6) is 0 Å². The molecular formula is C27H35N3O4S. The van der Waals surface area contributed by atoms with Crippen molar-refractivity contribution in [1.29, 1.82) is 0 Å². The molecule has 2 aromatic carbocycles. The Balaban J connectivity index is 1.92. The van der Waals surface area contributed by atoms with Gasteiger partial charge in [0.2, 0.25) is 11.8 Å². The van der Waals surface area contributed by atoms with Crippen LogP contribution >= 0.6 is 0 Å². The third-order valence-corrected chi connectivity index (χ3v) is 7.69. The molecule has 1 aromatic heterocycles. The van der Waals surface area contributed by atoms with E-state index < -0.39 is 21.5 Å². The van der Waals surface area contributed by atoms with Crippen molar-refractivity contribution < 1.29 is 18.0 Å². The number of carbonyl (C=O) groups is 2. The normalized spacial score (nSPS) is 11.9. The Morgan fingerprint density at radius 2 is 1.54 bits per heavy atom. The van der Waals surface area contributed by atoms with E-state index in [0.717, 1.165) is 16.7 Å². The fourth-order valence-corrected chi connectivity index (χ4v) is 6.16. The lowest BCUT2D eigenvalue weighted by Gasteiger charge is -2.31. The van der Waals surface area contributed by atoms with E-state index in [-0.39, 0.29) is 29.4 Å². The third kappa shape index (κ3) is 5.75. The van der Waals surface area contributed by atoms with Gasteiger partial charge in [-0.05, 0) is 65.7 Å². The molecule has 3 aromatic rings. The summed E-state index contributed by atoms with van der Waals surface area (Å²) in [6.07, 6.45) is 1.48. The second kappa shape index (κ2) is 10.2. The van der Waals surface area contributed by atoms with Gasteiger partial charge in [-0.3, -0.25) is 9.59 Å². The minimum atomic E-state index is -3.97. The van der Waals surface area contributed by atoms with Gasteiger partial charge in [-0.2, -0.15) is 0 Å². The lowest BCUT2D eigenvalue weighted by Crippen LogP contribution is -2.43. The molecule has 0 aliphatic heterocycles. The summed E-state index contributed by atoms with van der Waals surface area (Å²) in [5, 5.41) is 3.27. The highest BCUT2D eigenvalue weighted by Gasteiger charge is 2.27. The summed E-state index contributed by atoms with van der Waals surface area (Å²) in [7, 11) is -3.97. The first kappa shape index (κ1) is 26.5. The van der Waals surface area contributed by atoms with Gasteiger partial charge in [-0.25, -0.2) is 8.42 Å². The summed E-state index contributed by atoms with van der Waals surface area (Å²) in [5.41, 5.74) is 4.09. The van der Waals surface area contributed by atoms with Crippen molar-refractivity contribution in [2.75, 3.05) is 11.1 Å². The molecule has 0 spiro atoms. The lowest BCUT2D eigenvalue weighted by molar-refractivity contribution is -0.135. The molecule has 0 aliphatic rings. The van der Waals surface area contributed by atoms with Crippen LogP contribution in [0.3, 0.4) is 0 Å². The number of nitrogens with zero attached hydrogens (tertiary/aromatic N) is 2. The third-order valence-electron chi connectivity index (χ3n) is 6.06. The smallest absolute Gasteiger partial charge is 0.242 e. The van der Waals surface area contributed by atoms with E-state index in [9.17, 15) is 18.0 Å². The molecule has 35 heavy (non-hydrogen) atoms. The molecule has 1 N–H and O–H groups in total. The van der Waals surface area contributed by atoms with E-state index in [1.807, 2.05) is 60.6 Å². The van der Waals surface area contributed by atoms with Crippen LogP contribution in [0.15, 0.2) is 47.5 Å². The number of amides is 2. The van der Waals surface area contributed by atoms with Gasteiger partial charge in [0.05, 0.1) is 4.90 Å². The van der Waals surface area contributed by atoms with Crippen molar-refractivity contribution in [2.45, 2.75) is 72.0 Å². The molecule has 0 aliphatic carbocycles. The monoisotopic (exact) mass is 497 g/mol. The molecule has 7 nitrogen and oxygen atoms in total. The molecule has 0 fully saturated rings. The minimum absolute atomic E-state index is 0.0142. The number of aryl methyl sites for hydroxylation is 3. The van der Waals surface area contributed by atoms with Crippen molar-refractivity contribution in [2.24, 2.45) is 0 Å². The van der Waals surface area contributed by atoms with Gasteiger partial charge in [-0.1, -0.05) is 35.9 Å². The number of hydrogen-bond donors (Lipinski definition) is 1. The van der Waals surface area contributed by atoms with Crippen molar-refractivity contribution in [3.63, 3.8) is 0 Å². The molecule has 2 amide bonds. The average Bonchev–Trinajstić information content (AvgIpc) is 3.09. The number of nitrogens with one attached hydrogen (secondary N) is 1. The van der Waals surface area contributed by atoms with E-state index in [1.165, 1.54) is 6.20 Å². The maximum absolute atomic E-state index is 13.4. The first-order valence-electron chi connectivity index (χ1n) is 11.8. The van der Waals surface area contributed by atoms with Crippen LogP contribution in [0, 0.1) is 20.8 Å². The zero-order valence-electron chi connectivity index (χ0n) is 21.5. The maximum atomic E-state index is 13.4. The highest BCUT2D eigenvalue weighted by atomic mass is 32.2. The standard InChI is InChI=1S/C27H35N3O4S/c1-17(2)30(18(3)4)26(32)15-29-14-24(22-10-8-9-11-23(22)29)35(33,34)16-25(31)28-27-20(6)12-19(5)13-21(27)7/h8-14,17-18H,15-16H2,1-7H3,(H,28,31). The Morgan fingerprint density at radius 1 is 0.971 bits per heavy atom. The van der Waals surface area contributed by atoms with Gasteiger partial charge in [0.25, 0.3) is 0 Å². The van der Waals surface area contributed by atoms with E-state index in [2.05, 4.69) is 5.32 Å². The van der Waals surface area contributed by atoms with E-state index in [0.29, 0.717) is 16.6 Å². The molecular weight excluding hydrogens is 462 g/mol. The Labute approximate surface area is 208 Å². The van der Waals surface area contributed by atoms with Gasteiger partial charge in [0.15, 0.2) is 9.84 Å². The highest BCUT2D eigenvalue weighted by molar-refractivity contribution is 7.92. The number of hydrogen-bond acceptors (Lipinski definition) is 4. The fourth-order valence-electron chi connectivity index (χ4n) is 4.79. The van der Waals surface area contributed by atoms with Gasteiger partial charge >= 0.3 is 0 Å². The van der Waals surface area contributed by atoms with Crippen LogP contribution in [0.25, 0.3) is 10.9 Å². The zero-order chi connectivity index (χ0) is 26.1. The van der Waals surface area contributed by atoms with Crippen LogP contribution in [0.2, 0.25) is 0 Å². The number of benzene rings is 2. The zero-order valence-corrected chi connectivity index (χ0v) is 22.4. The largest absolute Gasteiger partial charge is 0.337 e. The van der Waals surface area contributed by atoms with Crippen LogP contribution in [0.1, 0.15) is 44.4 Å². The van der Waals surface area contributed by atoms with Crippen LogP contribution in [-0.2, 0) is 26.0 Å². The molecule has 0 saturated carbocycles. The fraction of sp³-hybridized carbons (Fsp3) is 0.407. The van der Waals surface area contributed by atoms with Crippen LogP contribution < -0.4 is 5.32 Å². The summed E-state index contributed by atoms with van der Waals surface area (Å²) in [5.74, 6) is -1.38. The Hall–Kier alpha value is -3.13. The minimum Gasteiger partial charge on any atom is -0.337 e. The second-order valence-electron chi connectivity index (χ2n) is 9.71. The average molecular weight is 498 g/mol. The maximum Gasteiger partial charge on any atom is 0.242 e. The van der Waals surface area contributed by atoms with Gasteiger partial charge in [0, 0.05) is 34.9 Å². The predicted octanol–water partition coefficient (Wildman–Crippen LogP) is 4.62. The number of anilines is 1. The van der Waals surface area contributed by atoms with Gasteiger partial charge in [0.1, 0.15) is 12.3 Å². The van der Waals surface area contributed by atoms with E-state index in [4.69, 9.17) is 0 Å². The number of fused-ring (bicyclic) bond motifs is 1. The molecule has 0 unspecified atom stereocenters. The molecule has 188 valence electrons. The van der Waals surface area contributed by atoms with Crippen molar-refractivity contribution in [3.8, 4) is 0 Å². The van der Waals surface area contributed by atoms with Gasteiger partial charge < -0.3 is 14.8 Å². The number of rotatable bonds is 8. The summed E-state index contributed by atoms with van der Waals surface area (Å²) in [6.45, 7) is 13.6. The second-order valence-corrected chi connectivity index (χ2v) is 11.7. The first-order valence-corrected chi connectivity index (χ1v) is 13.5. The summed E-state index contributed by atoms with van der Waals surface area (Å²) < 4.78 is 28.4. The molecule has 3 rings (SSSR count). The molecule has 1 heterocycles. The summed E-state index contributed by atoms with van der Waals surface area (Å²) in [4.78, 5) is 27.7.